The van der Waals surface area contributed by atoms with Crippen LogP contribution in [0.4, 0.5) is 5.69 Å². The highest BCUT2D eigenvalue weighted by atomic mass is 32.2. The molecule has 0 fully saturated rings. The lowest BCUT2D eigenvalue weighted by Crippen LogP contribution is -2.27. The molecule has 1 aromatic rings. The molecule has 0 spiro atoms. The molecule has 0 aliphatic heterocycles. The first-order valence-electron chi connectivity index (χ1n) is 5.17. The van der Waals surface area contributed by atoms with Gasteiger partial charge in [0.1, 0.15) is 5.75 Å². The zero-order valence-electron chi connectivity index (χ0n) is 9.59. The number of amides is 1. The Morgan fingerprint density at radius 1 is 1.39 bits per heavy atom. The summed E-state index contributed by atoms with van der Waals surface area (Å²) < 4.78 is 21.3. The highest BCUT2D eigenvalue weighted by Crippen LogP contribution is 2.20. The molecule has 0 aromatic heterocycles. The van der Waals surface area contributed by atoms with Gasteiger partial charge < -0.3 is 16.2 Å². The van der Waals surface area contributed by atoms with Crippen molar-refractivity contribution in [3.8, 4) is 5.75 Å². The van der Waals surface area contributed by atoms with Gasteiger partial charge in [-0.3, -0.25) is 4.79 Å². The fraction of sp³-hybridized carbons (Fsp3) is 0.300. The van der Waals surface area contributed by atoms with Crippen LogP contribution in [0.3, 0.4) is 0 Å². The largest absolute Gasteiger partial charge is 0.506 e. The summed E-state index contributed by atoms with van der Waals surface area (Å²) in [5.74, 6) is -0.785. The van der Waals surface area contributed by atoms with Gasteiger partial charge >= 0.3 is 0 Å². The molecule has 0 bridgehead atoms. The number of aromatic hydroxyl groups is 1. The van der Waals surface area contributed by atoms with E-state index >= 15 is 0 Å². The molecule has 100 valence electrons. The Morgan fingerprint density at radius 3 is 2.61 bits per heavy atom. The smallest absolute Gasteiger partial charge is 0.251 e. The minimum atomic E-state index is -3.51. The van der Waals surface area contributed by atoms with Crippen molar-refractivity contribution in [3.63, 3.8) is 0 Å². The number of carbonyl (C=O) groups excluding carboxylic acids is 1. The van der Waals surface area contributed by atoms with E-state index in [4.69, 9.17) is 10.9 Å². The summed E-state index contributed by atoms with van der Waals surface area (Å²) in [5.41, 5.74) is 5.82. The quantitative estimate of drug-likeness (QED) is 0.322. The van der Waals surface area contributed by atoms with Crippen molar-refractivity contribution in [2.75, 3.05) is 18.0 Å². The lowest BCUT2D eigenvalue weighted by molar-refractivity contribution is 0.0953. The van der Waals surface area contributed by atoms with Crippen LogP contribution in [0.5, 0.6) is 5.75 Å². The lowest BCUT2D eigenvalue weighted by Gasteiger charge is -2.06. The van der Waals surface area contributed by atoms with E-state index in [1.54, 1.807) is 0 Å². The number of hydrogen-bond donors (Lipinski definition) is 4. The van der Waals surface area contributed by atoms with Crippen molar-refractivity contribution in [1.29, 1.82) is 0 Å². The molecule has 8 heteroatoms. The first-order valence-corrected chi connectivity index (χ1v) is 6.88. The maximum absolute atomic E-state index is 11.6. The van der Waals surface area contributed by atoms with Crippen molar-refractivity contribution >= 4 is 21.6 Å². The van der Waals surface area contributed by atoms with Crippen LogP contribution >= 0.6 is 0 Å². The van der Waals surface area contributed by atoms with Gasteiger partial charge in [-0.15, -0.1) is 0 Å². The maximum atomic E-state index is 11.6. The molecule has 6 N–H and O–H groups in total. The molecule has 0 saturated carbocycles. The van der Waals surface area contributed by atoms with E-state index in [-0.39, 0.29) is 35.7 Å². The van der Waals surface area contributed by atoms with Gasteiger partial charge in [-0.25, -0.2) is 13.6 Å². The first-order chi connectivity index (χ1) is 8.29. The van der Waals surface area contributed by atoms with Crippen LogP contribution in [0, 0.1) is 0 Å². The Kier molecular flexibility index (Phi) is 4.51. The molecule has 18 heavy (non-hydrogen) atoms. The topological polar surface area (TPSA) is 136 Å². The third kappa shape index (κ3) is 4.60. The van der Waals surface area contributed by atoms with E-state index in [0.29, 0.717) is 0 Å². The first kappa shape index (κ1) is 14.3. The number of nitrogens with one attached hydrogen (secondary N) is 1. The summed E-state index contributed by atoms with van der Waals surface area (Å²) in [6.45, 7) is 0.181. The molecule has 0 saturated heterocycles. The van der Waals surface area contributed by atoms with E-state index in [2.05, 4.69) is 5.32 Å². The summed E-state index contributed by atoms with van der Waals surface area (Å²) in [6.07, 6.45) is 0.228. The summed E-state index contributed by atoms with van der Waals surface area (Å²) >= 11 is 0. The standard InChI is InChI=1S/C10H15N3O4S/c11-8-3-2-7(6-9(8)14)10(15)13-4-1-5-18(12,16)17/h2-3,6,14H,1,4-5,11H2,(H,13,15)(H2,12,16,17). The number of anilines is 1. The SMILES string of the molecule is Nc1ccc(C(=O)NCCCS(N)(=O)=O)cc1O. The van der Waals surface area contributed by atoms with E-state index in [9.17, 15) is 18.3 Å². The van der Waals surface area contributed by atoms with E-state index in [0.717, 1.165) is 0 Å². The Morgan fingerprint density at radius 2 is 2.06 bits per heavy atom. The lowest BCUT2D eigenvalue weighted by atomic mass is 10.2. The highest BCUT2D eigenvalue weighted by Gasteiger charge is 2.08. The number of hydrogen-bond acceptors (Lipinski definition) is 5. The van der Waals surface area contributed by atoms with Crippen LogP contribution in [0.1, 0.15) is 16.8 Å². The molecule has 0 radical (unpaired) electrons. The van der Waals surface area contributed by atoms with Crippen LogP contribution in [0.15, 0.2) is 18.2 Å². The number of phenolic OH excluding ortho intramolecular Hbond substituents is 1. The number of primary sulfonamides is 1. The van der Waals surface area contributed by atoms with Crippen LogP contribution < -0.4 is 16.2 Å². The van der Waals surface area contributed by atoms with E-state index in [1.807, 2.05) is 0 Å². The molecule has 0 atom stereocenters. The average Bonchev–Trinajstić information content (AvgIpc) is 2.26. The van der Waals surface area contributed by atoms with Gasteiger partial charge in [-0.1, -0.05) is 0 Å². The van der Waals surface area contributed by atoms with E-state index in [1.165, 1.54) is 18.2 Å². The second-order valence-corrected chi connectivity index (χ2v) is 5.48. The van der Waals surface area contributed by atoms with Gasteiger partial charge in [0.2, 0.25) is 10.0 Å². The number of phenols is 1. The molecule has 0 heterocycles. The number of sulfonamides is 1. The third-order valence-corrected chi connectivity index (χ3v) is 3.04. The Bertz CT molecular complexity index is 542. The molecule has 1 amide bonds. The monoisotopic (exact) mass is 273 g/mol. The fourth-order valence-corrected chi connectivity index (χ4v) is 1.81. The number of nitrogens with two attached hydrogens (primary N) is 2. The molecule has 7 nitrogen and oxygen atoms in total. The van der Waals surface area contributed by atoms with Gasteiger partial charge in [-0.2, -0.15) is 0 Å². The number of benzene rings is 1. The molecule has 1 rings (SSSR count). The normalized spacial score (nSPS) is 11.2. The third-order valence-electron chi connectivity index (χ3n) is 2.18. The molecule has 1 aromatic carbocycles. The number of rotatable bonds is 5. The van der Waals surface area contributed by atoms with Crippen molar-refractivity contribution in [2.24, 2.45) is 5.14 Å². The van der Waals surface area contributed by atoms with Gasteiger partial charge in [0, 0.05) is 12.1 Å². The van der Waals surface area contributed by atoms with Crippen LogP contribution in [-0.4, -0.2) is 31.7 Å². The predicted molar refractivity (Wildman–Crippen MR) is 67.4 cm³/mol. The Labute approximate surface area is 105 Å². The van der Waals surface area contributed by atoms with Gasteiger partial charge in [0.25, 0.3) is 5.91 Å². The fourth-order valence-electron chi connectivity index (χ4n) is 1.26. The number of carbonyl (C=O) groups is 1. The van der Waals surface area contributed by atoms with Crippen molar-refractivity contribution < 1.29 is 18.3 Å². The van der Waals surface area contributed by atoms with Gasteiger partial charge in [0.05, 0.1) is 11.4 Å². The number of nitrogen functional groups attached to an aromatic ring is 1. The Balaban J connectivity index is 2.48. The van der Waals surface area contributed by atoms with Crippen molar-refractivity contribution in [1.82, 2.24) is 5.32 Å². The Hall–Kier alpha value is -1.80. The molecular formula is C10H15N3O4S. The second kappa shape index (κ2) is 5.69. The van der Waals surface area contributed by atoms with Crippen molar-refractivity contribution in [3.05, 3.63) is 23.8 Å². The minimum Gasteiger partial charge on any atom is -0.506 e. The summed E-state index contributed by atoms with van der Waals surface area (Å²) in [4.78, 5) is 11.6. The van der Waals surface area contributed by atoms with Gasteiger partial charge in [0.15, 0.2) is 0 Å². The van der Waals surface area contributed by atoms with E-state index < -0.39 is 15.9 Å². The molecule has 0 aliphatic carbocycles. The van der Waals surface area contributed by atoms with Crippen LogP contribution in [0.25, 0.3) is 0 Å². The summed E-state index contributed by atoms with van der Waals surface area (Å²) in [6, 6.07) is 4.11. The zero-order chi connectivity index (χ0) is 13.8. The molecular weight excluding hydrogens is 258 g/mol. The second-order valence-electron chi connectivity index (χ2n) is 3.75. The zero-order valence-corrected chi connectivity index (χ0v) is 10.4. The van der Waals surface area contributed by atoms with Crippen molar-refractivity contribution in [2.45, 2.75) is 6.42 Å². The highest BCUT2D eigenvalue weighted by molar-refractivity contribution is 7.89. The summed E-state index contributed by atoms with van der Waals surface area (Å²) in [5, 5.41) is 16.6. The van der Waals surface area contributed by atoms with Gasteiger partial charge in [-0.05, 0) is 24.6 Å². The predicted octanol–water partition coefficient (Wildman–Crippen LogP) is -0.617. The molecule has 0 aliphatic rings. The van der Waals surface area contributed by atoms with Crippen LogP contribution in [-0.2, 0) is 10.0 Å². The average molecular weight is 273 g/mol. The molecule has 0 unspecified atom stereocenters. The van der Waals surface area contributed by atoms with Crippen LogP contribution in [0.2, 0.25) is 0 Å². The minimum absolute atomic E-state index is 0.174. The summed E-state index contributed by atoms with van der Waals surface area (Å²) in [7, 11) is -3.51. The maximum Gasteiger partial charge on any atom is 0.251 e.